The summed E-state index contributed by atoms with van der Waals surface area (Å²) in [7, 11) is 1.81. The second-order valence-corrected chi connectivity index (χ2v) is 7.11. The predicted molar refractivity (Wildman–Crippen MR) is 85.3 cm³/mol. The van der Waals surface area contributed by atoms with Crippen LogP contribution in [-0.2, 0) is 17.8 Å². The summed E-state index contributed by atoms with van der Waals surface area (Å²) in [6, 6.07) is 2.20. The third-order valence-corrected chi connectivity index (χ3v) is 4.13. The maximum Gasteiger partial charge on any atom is 0.118 e. The van der Waals surface area contributed by atoms with Gasteiger partial charge >= 0.3 is 0 Å². The first kappa shape index (κ1) is 16.5. The fraction of sp³-hybridized carbons (Fsp3) is 0.765. The Kier molecular flexibility index (Phi) is 5.47. The smallest absolute Gasteiger partial charge is 0.118 e. The predicted octanol–water partition coefficient (Wildman–Crippen LogP) is 3.09. The average Bonchev–Trinajstić information content (AvgIpc) is 2.77. The number of rotatable bonds is 5. The van der Waals surface area contributed by atoms with E-state index in [1.54, 1.807) is 0 Å². The molecular weight excluding hydrogens is 264 g/mol. The fourth-order valence-corrected chi connectivity index (χ4v) is 2.72. The third-order valence-electron chi connectivity index (χ3n) is 4.13. The largest absolute Gasteiger partial charge is 0.465 e. The van der Waals surface area contributed by atoms with Gasteiger partial charge in [-0.3, -0.25) is 4.90 Å². The first-order chi connectivity index (χ1) is 9.87. The van der Waals surface area contributed by atoms with Gasteiger partial charge in [0, 0.05) is 37.8 Å². The average molecular weight is 294 g/mol. The Morgan fingerprint density at radius 3 is 2.57 bits per heavy atom. The van der Waals surface area contributed by atoms with Crippen molar-refractivity contribution in [1.29, 1.82) is 0 Å². The van der Waals surface area contributed by atoms with E-state index in [1.807, 2.05) is 7.11 Å². The van der Waals surface area contributed by atoms with Gasteiger partial charge in [0.15, 0.2) is 0 Å². The van der Waals surface area contributed by atoms with Crippen LogP contribution in [0, 0.1) is 6.92 Å². The van der Waals surface area contributed by atoms with Crippen LogP contribution in [0.2, 0.25) is 0 Å². The lowest BCUT2D eigenvalue weighted by Gasteiger charge is -2.30. The molecule has 1 aliphatic heterocycles. The molecule has 0 aliphatic carbocycles. The highest BCUT2D eigenvalue weighted by Crippen LogP contribution is 2.20. The Balaban J connectivity index is 1.87. The lowest BCUT2D eigenvalue weighted by atomic mass is 10.1. The second-order valence-electron chi connectivity index (χ2n) is 7.11. The molecule has 0 unspecified atom stereocenters. The Labute approximate surface area is 128 Å². The van der Waals surface area contributed by atoms with Crippen molar-refractivity contribution < 1.29 is 9.15 Å². The zero-order valence-electron chi connectivity index (χ0n) is 14.2. The molecule has 0 bridgehead atoms. The van der Waals surface area contributed by atoms with Crippen LogP contribution in [0.25, 0.3) is 0 Å². The minimum atomic E-state index is 0.131. The summed E-state index contributed by atoms with van der Waals surface area (Å²) < 4.78 is 11.3. The van der Waals surface area contributed by atoms with E-state index in [2.05, 4.69) is 44.0 Å². The van der Waals surface area contributed by atoms with Gasteiger partial charge in [-0.1, -0.05) is 0 Å². The van der Waals surface area contributed by atoms with Crippen LogP contribution in [0.4, 0.5) is 0 Å². The molecule has 0 atom stereocenters. The first-order valence-electron chi connectivity index (χ1n) is 7.96. The molecule has 1 aliphatic rings. The van der Waals surface area contributed by atoms with Crippen molar-refractivity contribution in [1.82, 2.24) is 10.2 Å². The molecule has 1 aromatic rings. The van der Waals surface area contributed by atoms with E-state index in [-0.39, 0.29) is 5.54 Å². The number of methoxy groups -OCH3 is 1. The number of hydrogen-bond acceptors (Lipinski definition) is 4. The Bertz CT molecular complexity index is 440. The monoisotopic (exact) mass is 294 g/mol. The lowest BCUT2D eigenvalue weighted by Crippen LogP contribution is -2.36. The SMILES string of the molecule is COC1CCN(Cc2cc(CNC(C)(C)C)c(C)o2)CC1. The molecule has 1 fully saturated rings. The molecule has 1 aromatic heterocycles. The normalized spacial score (nSPS) is 18.3. The van der Waals surface area contributed by atoms with Crippen molar-refractivity contribution in [2.45, 2.75) is 65.3 Å². The van der Waals surface area contributed by atoms with Crippen molar-refractivity contribution in [3.8, 4) is 0 Å². The summed E-state index contributed by atoms with van der Waals surface area (Å²) in [4.78, 5) is 2.45. The first-order valence-corrected chi connectivity index (χ1v) is 7.96. The molecule has 4 heteroatoms. The van der Waals surface area contributed by atoms with Crippen LogP contribution < -0.4 is 5.32 Å². The van der Waals surface area contributed by atoms with Gasteiger partial charge in [0.05, 0.1) is 12.6 Å². The molecular formula is C17H30N2O2. The van der Waals surface area contributed by atoms with E-state index >= 15 is 0 Å². The van der Waals surface area contributed by atoms with Crippen LogP contribution in [0.1, 0.15) is 50.7 Å². The number of aryl methyl sites for hydroxylation is 1. The number of nitrogens with zero attached hydrogens (tertiary/aromatic N) is 1. The molecule has 0 radical (unpaired) electrons. The number of ether oxygens (including phenoxy) is 1. The van der Waals surface area contributed by atoms with Gasteiger partial charge in [0.2, 0.25) is 0 Å². The molecule has 120 valence electrons. The van der Waals surface area contributed by atoms with Crippen molar-refractivity contribution in [3.63, 3.8) is 0 Å². The van der Waals surface area contributed by atoms with Gasteiger partial charge < -0.3 is 14.5 Å². The van der Waals surface area contributed by atoms with Gasteiger partial charge in [-0.15, -0.1) is 0 Å². The molecule has 0 spiro atoms. The number of hydrogen-bond donors (Lipinski definition) is 1. The molecule has 21 heavy (non-hydrogen) atoms. The van der Waals surface area contributed by atoms with Gasteiger partial charge in [-0.25, -0.2) is 0 Å². The highest BCUT2D eigenvalue weighted by Gasteiger charge is 2.20. The molecule has 0 saturated carbocycles. The Morgan fingerprint density at radius 1 is 1.33 bits per heavy atom. The lowest BCUT2D eigenvalue weighted by molar-refractivity contribution is 0.0369. The number of furan rings is 1. The second kappa shape index (κ2) is 6.95. The highest BCUT2D eigenvalue weighted by atomic mass is 16.5. The summed E-state index contributed by atoms with van der Waals surface area (Å²) in [5, 5.41) is 3.52. The maximum atomic E-state index is 5.92. The van der Waals surface area contributed by atoms with Gasteiger partial charge in [-0.2, -0.15) is 0 Å². The van der Waals surface area contributed by atoms with Crippen LogP contribution in [0.3, 0.4) is 0 Å². The van der Waals surface area contributed by atoms with Crippen molar-refractivity contribution in [3.05, 3.63) is 23.2 Å². The van der Waals surface area contributed by atoms with Gasteiger partial charge in [0.25, 0.3) is 0 Å². The molecule has 4 nitrogen and oxygen atoms in total. The Morgan fingerprint density at radius 2 is 2.00 bits per heavy atom. The molecule has 1 saturated heterocycles. The number of piperidine rings is 1. The molecule has 0 amide bonds. The standard InChI is InChI=1S/C17H30N2O2/c1-13-14(11-18-17(2,3)4)10-16(21-13)12-19-8-6-15(20-5)7-9-19/h10,15,18H,6-9,11-12H2,1-5H3. The van der Waals surface area contributed by atoms with Crippen LogP contribution in [-0.4, -0.2) is 36.7 Å². The summed E-state index contributed by atoms with van der Waals surface area (Å²) in [5.74, 6) is 2.11. The summed E-state index contributed by atoms with van der Waals surface area (Å²) in [6.07, 6.45) is 2.68. The van der Waals surface area contributed by atoms with Crippen molar-refractivity contribution >= 4 is 0 Å². The van der Waals surface area contributed by atoms with E-state index in [1.165, 1.54) is 5.56 Å². The quantitative estimate of drug-likeness (QED) is 0.905. The summed E-state index contributed by atoms with van der Waals surface area (Å²) in [6.45, 7) is 12.6. The minimum Gasteiger partial charge on any atom is -0.465 e. The fourth-order valence-electron chi connectivity index (χ4n) is 2.72. The van der Waals surface area contributed by atoms with Gasteiger partial charge in [-0.05, 0) is 46.6 Å². The van der Waals surface area contributed by atoms with E-state index in [0.29, 0.717) is 6.10 Å². The number of likely N-dealkylation sites (tertiary alicyclic amines) is 1. The summed E-state index contributed by atoms with van der Waals surface area (Å²) >= 11 is 0. The highest BCUT2D eigenvalue weighted by molar-refractivity contribution is 5.21. The molecule has 2 heterocycles. The molecule has 2 rings (SSSR count). The Hall–Kier alpha value is -0.840. The number of nitrogens with one attached hydrogen (secondary N) is 1. The van der Waals surface area contributed by atoms with E-state index in [4.69, 9.17) is 9.15 Å². The third kappa shape index (κ3) is 5.13. The minimum absolute atomic E-state index is 0.131. The molecule has 0 aromatic carbocycles. The molecule has 1 N–H and O–H groups in total. The van der Waals surface area contributed by atoms with Crippen LogP contribution >= 0.6 is 0 Å². The van der Waals surface area contributed by atoms with E-state index in [9.17, 15) is 0 Å². The zero-order valence-corrected chi connectivity index (χ0v) is 14.2. The maximum absolute atomic E-state index is 5.92. The van der Waals surface area contributed by atoms with Crippen LogP contribution in [0.15, 0.2) is 10.5 Å². The van der Waals surface area contributed by atoms with E-state index in [0.717, 1.165) is 50.5 Å². The van der Waals surface area contributed by atoms with Crippen molar-refractivity contribution in [2.24, 2.45) is 0 Å². The van der Waals surface area contributed by atoms with Crippen LogP contribution in [0.5, 0.6) is 0 Å². The topological polar surface area (TPSA) is 37.6 Å². The van der Waals surface area contributed by atoms with Crippen molar-refractivity contribution in [2.75, 3.05) is 20.2 Å². The zero-order chi connectivity index (χ0) is 15.5. The van der Waals surface area contributed by atoms with E-state index < -0.39 is 0 Å². The summed E-state index contributed by atoms with van der Waals surface area (Å²) in [5.41, 5.74) is 1.40. The van der Waals surface area contributed by atoms with Gasteiger partial charge in [0.1, 0.15) is 11.5 Å².